The van der Waals surface area contributed by atoms with E-state index in [2.05, 4.69) is 46.5 Å². The highest BCUT2D eigenvalue weighted by atomic mass is 15.0. The summed E-state index contributed by atoms with van der Waals surface area (Å²) in [5.74, 6) is 2.07. The molecule has 3 N–H and O–H groups in total. The monoisotopic (exact) mass is 256 g/mol. The highest BCUT2D eigenvalue weighted by Gasteiger charge is 2.03. The van der Waals surface area contributed by atoms with Crippen LogP contribution in [0.5, 0.6) is 0 Å². The third-order valence-electron chi connectivity index (χ3n) is 3.07. The minimum Gasteiger partial charge on any atom is -0.384 e. The number of nitrogens with one attached hydrogen (secondary N) is 1. The third-order valence-corrected chi connectivity index (χ3v) is 3.07. The van der Waals surface area contributed by atoms with Gasteiger partial charge in [-0.2, -0.15) is 0 Å². The lowest BCUT2D eigenvalue weighted by Crippen LogP contribution is -2.07. The molecule has 100 valence electrons. The van der Waals surface area contributed by atoms with Crippen molar-refractivity contribution in [2.45, 2.75) is 33.2 Å². The van der Waals surface area contributed by atoms with Gasteiger partial charge in [0.25, 0.3) is 0 Å². The molecule has 0 aliphatic carbocycles. The molecule has 4 heteroatoms. The van der Waals surface area contributed by atoms with Crippen LogP contribution in [-0.2, 0) is 19.4 Å². The number of aromatic nitrogens is 2. The van der Waals surface area contributed by atoms with Crippen LogP contribution in [0.3, 0.4) is 0 Å². The first-order chi connectivity index (χ1) is 9.22. The number of hydrogen-bond acceptors (Lipinski definition) is 4. The zero-order valence-corrected chi connectivity index (χ0v) is 11.5. The summed E-state index contributed by atoms with van der Waals surface area (Å²) < 4.78 is 0. The zero-order valence-electron chi connectivity index (χ0n) is 11.5. The van der Waals surface area contributed by atoms with Crippen molar-refractivity contribution in [1.82, 2.24) is 9.97 Å². The maximum Gasteiger partial charge on any atom is 0.132 e. The first-order valence-corrected chi connectivity index (χ1v) is 6.67. The molecule has 0 bridgehead atoms. The molecule has 0 spiro atoms. The molecular formula is C15H20N4. The number of hydrogen-bond donors (Lipinski definition) is 2. The lowest BCUT2D eigenvalue weighted by atomic mass is 10.1. The van der Waals surface area contributed by atoms with Gasteiger partial charge in [-0.3, -0.25) is 0 Å². The Balaban J connectivity index is 2.12. The van der Waals surface area contributed by atoms with E-state index >= 15 is 0 Å². The summed E-state index contributed by atoms with van der Waals surface area (Å²) in [4.78, 5) is 8.59. The molecule has 4 nitrogen and oxygen atoms in total. The van der Waals surface area contributed by atoms with E-state index < -0.39 is 0 Å². The molecule has 0 aliphatic heterocycles. The van der Waals surface area contributed by atoms with Crippen LogP contribution < -0.4 is 11.1 Å². The van der Waals surface area contributed by atoms with Gasteiger partial charge in [0.15, 0.2) is 0 Å². The number of nitrogens with zero attached hydrogens (tertiary/aromatic N) is 2. The number of nitrogen functional groups attached to an aromatic ring is 1. The second kappa shape index (κ2) is 6.18. The molecule has 0 radical (unpaired) electrons. The highest BCUT2D eigenvalue weighted by Crippen LogP contribution is 2.13. The van der Waals surface area contributed by atoms with E-state index in [1.807, 2.05) is 6.92 Å². The molecule has 19 heavy (non-hydrogen) atoms. The Labute approximate surface area is 114 Å². The average molecular weight is 256 g/mol. The third kappa shape index (κ3) is 3.44. The van der Waals surface area contributed by atoms with Crippen LogP contribution in [0.25, 0.3) is 0 Å². The Morgan fingerprint density at radius 3 is 2.47 bits per heavy atom. The first-order valence-electron chi connectivity index (χ1n) is 6.67. The normalized spacial score (nSPS) is 10.4. The molecule has 0 unspecified atom stereocenters. The van der Waals surface area contributed by atoms with Gasteiger partial charge in [-0.05, 0) is 17.5 Å². The maximum atomic E-state index is 5.77. The molecule has 0 atom stereocenters. The highest BCUT2D eigenvalue weighted by molar-refractivity contribution is 5.45. The molecule has 0 aliphatic rings. The summed E-state index contributed by atoms with van der Waals surface area (Å²) >= 11 is 0. The van der Waals surface area contributed by atoms with Gasteiger partial charge in [0, 0.05) is 19.0 Å². The van der Waals surface area contributed by atoms with Gasteiger partial charge in [-0.25, -0.2) is 9.97 Å². The number of rotatable bonds is 5. The summed E-state index contributed by atoms with van der Waals surface area (Å²) in [6, 6.07) is 10.2. The summed E-state index contributed by atoms with van der Waals surface area (Å²) in [7, 11) is 0. The molecule has 0 fully saturated rings. The van der Waals surface area contributed by atoms with Crippen molar-refractivity contribution < 1.29 is 0 Å². The van der Waals surface area contributed by atoms with E-state index in [0.717, 1.165) is 31.0 Å². The van der Waals surface area contributed by atoms with Gasteiger partial charge < -0.3 is 11.1 Å². The second-order valence-electron chi connectivity index (χ2n) is 4.42. The van der Waals surface area contributed by atoms with Crippen LogP contribution in [0.2, 0.25) is 0 Å². The minimum atomic E-state index is 0.512. The number of aryl methyl sites for hydroxylation is 2. The van der Waals surface area contributed by atoms with Crippen molar-refractivity contribution in [1.29, 1.82) is 0 Å². The number of nitrogens with two attached hydrogens (primary N) is 1. The van der Waals surface area contributed by atoms with Crippen LogP contribution >= 0.6 is 0 Å². The second-order valence-corrected chi connectivity index (χ2v) is 4.42. The van der Waals surface area contributed by atoms with Gasteiger partial charge in [0.1, 0.15) is 17.5 Å². The van der Waals surface area contributed by atoms with E-state index in [0.29, 0.717) is 5.82 Å². The van der Waals surface area contributed by atoms with Gasteiger partial charge in [-0.1, -0.05) is 38.1 Å². The van der Waals surface area contributed by atoms with Gasteiger partial charge in [-0.15, -0.1) is 0 Å². The Bertz CT molecular complexity index is 552. The van der Waals surface area contributed by atoms with Crippen LogP contribution in [0.4, 0.5) is 11.6 Å². The van der Waals surface area contributed by atoms with Gasteiger partial charge >= 0.3 is 0 Å². The molecule has 0 amide bonds. The Hall–Kier alpha value is -2.10. The molecular weight excluding hydrogens is 236 g/mol. The van der Waals surface area contributed by atoms with E-state index in [1.165, 1.54) is 11.1 Å². The molecule has 1 aromatic heterocycles. The van der Waals surface area contributed by atoms with Crippen LogP contribution in [0.15, 0.2) is 30.3 Å². The molecule has 1 heterocycles. The largest absolute Gasteiger partial charge is 0.384 e. The summed E-state index contributed by atoms with van der Waals surface area (Å²) in [6.07, 6.45) is 1.81. The van der Waals surface area contributed by atoms with Gasteiger partial charge in [0.2, 0.25) is 0 Å². The fourth-order valence-electron chi connectivity index (χ4n) is 2.03. The SMILES string of the molecule is CCc1nc(N)cc(NCc2ccccc2CC)n1. The standard InChI is InChI=1S/C15H20N4/c1-3-11-7-5-6-8-12(11)10-17-15-9-13(16)18-14(4-2)19-15/h5-9H,3-4,10H2,1-2H3,(H3,16,17,18,19). The fraction of sp³-hybridized carbons (Fsp3) is 0.333. The van der Waals surface area contributed by atoms with Crippen molar-refractivity contribution in [3.63, 3.8) is 0 Å². The minimum absolute atomic E-state index is 0.512. The Kier molecular flexibility index (Phi) is 4.34. The van der Waals surface area contributed by atoms with E-state index in [9.17, 15) is 0 Å². The number of benzene rings is 1. The fourth-order valence-corrected chi connectivity index (χ4v) is 2.03. The Morgan fingerprint density at radius 2 is 1.79 bits per heavy atom. The van der Waals surface area contributed by atoms with Gasteiger partial charge in [0.05, 0.1) is 0 Å². The predicted molar refractivity (Wildman–Crippen MR) is 79.0 cm³/mol. The van der Waals surface area contributed by atoms with E-state index in [1.54, 1.807) is 6.07 Å². The maximum absolute atomic E-state index is 5.77. The average Bonchev–Trinajstić information content (AvgIpc) is 2.44. The van der Waals surface area contributed by atoms with Crippen LogP contribution in [-0.4, -0.2) is 9.97 Å². The predicted octanol–water partition coefficient (Wildman–Crippen LogP) is 2.80. The van der Waals surface area contributed by atoms with Crippen molar-refractivity contribution in [3.05, 3.63) is 47.3 Å². The molecule has 1 aromatic carbocycles. The van der Waals surface area contributed by atoms with Crippen LogP contribution in [0, 0.1) is 0 Å². The van der Waals surface area contributed by atoms with Crippen molar-refractivity contribution in [3.8, 4) is 0 Å². The molecule has 0 saturated carbocycles. The zero-order chi connectivity index (χ0) is 13.7. The topological polar surface area (TPSA) is 63.8 Å². The summed E-state index contributed by atoms with van der Waals surface area (Å²) in [5, 5.41) is 3.32. The smallest absolute Gasteiger partial charge is 0.132 e. The lowest BCUT2D eigenvalue weighted by molar-refractivity contribution is 0.935. The summed E-state index contributed by atoms with van der Waals surface area (Å²) in [5.41, 5.74) is 8.42. The van der Waals surface area contributed by atoms with Crippen molar-refractivity contribution in [2.24, 2.45) is 0 Å². The molecule has 2 rings (SSSR count). The quantitative estimate of drug-likeness (QED) is 0.863. The summed E-state index contributed by atoms with van der Waals surface area (Å²) in [6.45, 7) is 4.94. The Morgan fingerprint density at radius 1 is 1.05 bits per heavy atom. The van der Waals surface area contributed by atoms with Crippen LogP contribution in [0.1, 0.15) is 30.8 Å². The van der Waals surface area contributed by atoms with E-state index in [4.69, 9.17) is 5.73 Å². The van der Waals surface area contributed by atoms with E-state index in [-0.39, 0.29) is 0 Å². The molecule has 0 saturated heterocycles. The van der Waals surface area contributed by atoms with Crippen molar-refractivity contribution in [2.75, 3.05) is 11.1 Å². The molecule has 2 aromatic rings. The number of anilines is 2. The lowest BCUT2D eigenvalue weighted by Gasteiger charge is -2.10. The van der Waals surface area contributed by atoms with Crippen molar-refractivity contribution >= 4 is 11.6 Å². The first kappa shape index (κ1) is 13.3.